The minimum absolute atomic E-state index is 1.00. The molecule has 1 aliphatic rings. The minimum atomic E-state index is 1.00. The topological polar surface area (TPSA) is 25.2 Å². The average molecular weight is 234 g/mol. The molecule has 0 unspecified atom stereocenters. The summed E-state index contributed by atoms with van der Waals surface area (Å²) in [6.45, 7) is 0. The zero-order valence-electron chi connectivity index (χ0n) is 10.1. The van der Waals surface area contributed by atoms with Gasteiger partial charge in [-0.05, 0) is 30.5 Å². The van der Waals surface area contributed by atoms with Crippen molar-refractivity contribution in [1.29, 1.82) is 0 Å². The van der Waals surface area contributed by atoms with E-state index in [1.54, 1.807) is 0 Å². The number of nitrogens with zero attached hydrogens (tertiary/aromatic N) is 2. The Morgan fingerprint density at radius 2 is 1.67 bits per heavy atom. The van der Waals surface area contributed by atoms with Crippen LogP contribution in [0.25, 0.3) is 16.8 Å². The van der Waals surface area contributed by atoms with Gasteiger partial charge >= 0.3 is 0 Å². The summed E-state index contributed by atoms with van der Waals surface area (Å²) in [4.78, 5) is 8.93. The predicted molar refractivity (Wildman–Crippen MR) is 75.4 cm³/mol. The van der Waals surface area contributed by atoms with E-state index >= 15 is 0 Å². The van der Waals surface area contributed by atoms with E-state index in [0.717, 1.165) is 29.8 Å². The number of benzene rings is 1. The Balaban J connectivity index is 1.99. The normalized spacial score (nSPS) is 14.3. The number of hydrogen-bond acceptors (Lipinski definition) is 2. The first-order valence-electron chi connectivity index (χ1n) is 6.17. The zero-order chi connectivity index (χ0) is 12.2. The average Bonchev–Trinajstić information content (AvgIpc) is 2.49. The van der Waals surface area contributed by atoms with Crippen LogP contribution < -0.4 is 0 Å². The number of hydrogen-bond donors (Lipinski definition) is 0. The Labute approximate surface area is 107 Å². The van der Waals surface area contributed by atoms with Gasteiger partial charge in [0, 0.05) is 18.0 Å². The molecule has 88 valence electrons. The highest BCUT2D eigenvalue weighted by atomic mass is 14.7. The van der Waals surface area contributed by atoms with Crippen molar-refractivity contribution < 1.29 is 0 Å². The summed E-state index contributed by atoms with van der Waals surface area (Å²) in [7, 11) is 0. The van der Waals surface area contributed by atoms with Crippen molar-refractivity contribution in [2.45, 2.75) is 12.8 Å². The summed E-state index contributed by atoms with van der Waals surface area (Å²) in [6.07, 6.45) is 5.89. The van der Waals surface area contributed by atoms with Crippen molar-refractivity contribution in [2.75, 3.05) is 0 Å². The molecule has 1 aliphatic heterocycles. The molecule has 18 heavy (non-hydrogen) atoms. The molecule has 2 aromatic rings. The maximum absolute atomic E-state index is 4.72. The number of allylic oxidation sites excluding steroid dienone is 1. The SMILES string of the molecule is C1=NC=C(c2cccc(-c3ccccc3)n2)CC1. The van der Waals surface area contributed by atoms with Gasteiger partial charge in [-0.3, -0.25) is 4.99 Å². The molecular weight excluding hydrogens is 220 g/mol. The van der Waals surface area contributed by atoms with Gasteiger partial charge in [0.05, 0.1) is 11.4 Å². The molecule has 0 aliphatic carbocycles. The van der Waals surface area contributed by atoms with Crippen LogP contribution in [0.4, 0.5) is 0 Å². The second-order valence-electron chi connectivity index (χ2n) is 4.30. The lowest BCUT2D eigenvalue weighted by atomic mass is 10.0. The highest BCUT2D eigenvalue weighted by molar-refractivity contribution is 5.73. The van der Waals surface area contributed by atoms with Gasteiger partial charge in [0.1, 0.15) is 0 Å². The third-order valence-corrected chi connectivity index (χ3v) is 3.03. The summed E-state index contributed by atoms with van der Waals surface area (Å²) >= 11 is 0. The van der Waals surface area contributed by atoms with Crippen molar-refractivity contribution in [3.8, 4) is 11.3 Å². The van der Waals surface area contributed by atoms with Gasteiger partial charge in [-0.25, -0.2) is 4.98 Å². The van der Waals surface area contributed by atoms with E-state index < -0.39 is 0 Å². The van der Waals surface area contributed by atoms with E-state index in [-0.39, 0.29) is 0 Å². The molecule has 2 heterocycles. The van der Waals surface area contributed by atoms with Crippen LogP contribution in [-0.2, 0) is 0 Å². The van der Waals surface area contributed by atoms with Gasteiger partial charge in [0.25, 0.3) is 0 Å². The molecule has 2 heteroatoms. The van der Waals surface area contributed by atoms with Crippen molar-refractivity contribution in [3.63, 3.8) is 0 Å². The van der Waals surface area contributed by atoms with E-state index in [9.17, 15) is 0 Å². The number of rotatable bonds is 2. The molecule has 0 bridgehead atoms. The lowest BCUT2D eigenvalue weighted by Crippen LogP contribution is -1.95. The van der Waals surface area contributed by atoms with Gasteiger partial charge in [-0.15, -0.1) is 0 Å². The third-order valence-electron chi connectivity index (χ3n) is 3.03. The molecule has 2 nitrogen and oxygen atoms in total. The molecule has 0 fully saturated rings. The van der Waals surface area contributed by atoms with E-state index in [0.29, 0.717) is 0 Å². The first-order chi connectivity index (χ1) is 8.93. The Morgan fingerprint density at radius 1 is 0.833 bits per heavy atom. The van der Waals surface area contributed by atoms with Crippen LogP contribution in [0, 0.1) is 0 Å². The summed E-state index contributed by atoms with van der Waals surface area (Å²) in [6, 6.07) is 16.4. The first kappa shape index (κ1) is 10.9. The molecule has 1 aromatic heterocycles. The molecule has 0 amide bonds. The smallest absolute Gasteiger partial charge is 0.0709 e. The number of aromatic nitrogens is 1. The van der Waals surface area contributed by atoms with E-state index in [4.69, 9.17) is 4.98 Å². The zero-order valence-corrected chi connectivity index (χ0v) is 10.1. The molecule has 0 atom stereocenters. The molecule has 0 saturated heterocycles. The summed E-state index contributed by atoms with van der Waals surface area (Å²) < 4.78 is 0. The molecule has 0 N–H and O–H groups in total. The molecule has 0 radical (unpaired) electrons. The monoisotopic (exact) mass is 234 g/mol. The van der Waals surface area contributed by atoms with Gasteiger partial charge in [0.2, 0.25) is 0 Å². The van der Waals surface area contributed by atoms with Crippen molar-refractivity contribution in [3.05, 3.63) is 60.4 Å². The van der Waals surface area contributed by atoms with Gasteiger partial charge < -0.3 is 0 Å². The van der Waals surface area contributed by atoms with E-state index in [1.807, 2.05) is 36.7 Å². The summed E-state index contributed by atoms with van der Waals surface area (Å²) in [5, 5.41) is 0. The summed E-state index contributed by atoms with van der Waals surface area (Å²) in [5.41, 5.74) is 4.42. The van der Waals surface area contributed by atoms with Crippen LogP contribution in [0.2, 0.25) is 0 Å². The van der Waals surface area contributed by atoms with Crippen LogP contribution >= 0.6 is 0 Å². The molecular formula is C16H14N2. The largest absolute Gasteiger partial charge is 0.269 e. The van der Waals surface area contributed by atoms with Gasteiger partial charge in [-0.1, -0.05) is 36.4 Å². The number of aliphatic imine (C=N–C) groups is 1. The fraction of sp³-hybridized carbons (Fsp3) is 0.125. The molecule has 3 rings (SSSR count). The second-order valence-corrected chi connectivity index (χ2v) is 4.30. The molecule has 1 aromatic carbocycles. The standard InChI is InChI=1S/C16H14N2/c1-2-6-13(7-3-1)15-9-4-10-16(18-15)14-8-5-11-17-12-14/h1-4,6-7,9-12H,5,8H2. The lowest BCUT2D eigenvalue weighted by molar-refractivity contribution is 1.08. The minimum Gasteiger partial charge on any atom is -0.269 e. The van der Waals surface area contributed by atoms with Crippen molar-refractivity contribution >= 4 is 11.8 Å². The fourth-order valence-electron chi connectivity index (χ4n) is 2.08. The van der Waals surface area contributed by atoms with E-state index in [2.05, 4.69) is 29.3 Å². The van der Waals surface area contributed by atoms with Crippen LogP contribution in [0.3, 0.4) is 0 Å². The quantitative estimate of drug-likeness (QED) is 0.772. The first-order valence-corrected chi connectivity index (χ1v) is 6.17. The van der Waals surface area contributed by atoms with Crippen LogP contribution in [0.1, 0.15) is 18.5 Å². The van der Waals surface area contributed by atoms with Gasteiger partial charge in [0.15, 0.2) is 0 Å². The highest BCUT2D eigenvalue weighted by Crippen LogP contribution is 2.23. The Hall–Kier alpha value is -2.22. The van der Waals surface area contributed by atoms with Gasteiger partial charge in [-0.2, -0.15) is 0 Å². The van der Waals surface area contributed by atoms with Crippen LogP contribution in [0.5, 0.6) is 0 Å². The predicted octanol–water partition coefficient (Wildman–Crippen LogP) is 3.95. The van der Waals surface area contributed by atoms with Crippen molar-refractivity contribution in [2.24, 2.45) is 4.99 Å². The van der Waals surface area contributed by atoms with Crippen LogP contribution in [0.15, 0.2) is 59.7 Å². The number of pyridine rings is 1. The highest BCUT2D eigenvalue weighted by Gasteiger charge is 2.07. The Bertz CT molecular complexity index is 598. The lowest BCUT2D eigenvalue weighted by Gasteiger charge is -2.09. The molecule has 0 saturated carbocycles. The fourth-order valence-corrected chi connectivity index (χ4v) is 2.08. The maximum Gasteiger partial charge on any atom is 0.0709 e. The summed E-state index contributed by atoms with van der Waals surface area (Å²) in [5.74, 6) is 0. The second kappa shape index (κ2) is 4.96. The Morgan fingerprint density at radius 3 is 2.44 bits per heavy atom. The molecule has 0 spiro atoms. The van der Waals surface area contributed by atoms with Crippen LogP contribution in [-0.4, -0.2) is 11.2 Å². The van der Waals surface area contributed by atoms with Crippen molar-refractivity contribution in [1.82, 2.24) is 4.98 Å². The van der Waals surface area contributed by atoms with E-state index in [1.165, 1.54) is 5.57 Å². The third kappa shape index (κ3) is 2.23. The Kier molecular flexibility index (Phi) is 3.01. The maximum atomic E-state index is 4.72.